The zero-order chi connectivity index (χ0) is 11.8. The number of carbonyl (C=O) groups is 1. The van der Waals surface area contributed by atoms with Crippen LogP contribution in [0.2, 0.25) is 0 Å². The minimum atomic E-state index is -0.483. The Morgan fingerprint density at radius 1 is 1.56 bits per heavy atom. The summed E-state index contributed by atoms with van der Waals surface area (Å²) in [5.41, 5.74) is -0.234. The normalized spacial score (nSPS) is 16.9. The quantitative estimate of drug-likeness (QED) is 0.891. The van der Waals surface area contributed by atoms with Gasteiger partial charge in [-0.05, 0) is 40.9 Å². The van der Waals surface area contributed by atoms with E-state index in [4.69, 9.17) is 5.11 Å². The van der Waals surface area contributed by atoms with Gasteiger partial charge in [-0.25, -0.2) is 4.39 Å². The second-order valence-corrected chi connectivity index (χ2v) is 4.79. The maximum Gasteiger partial charge on any atom is 0.253 e. The Morgan fingerprint density at radius 3 is 2.81 bits per heavy atom. The predicted octanol–water partition coefficient (Wildman–Crippen LogP) is 1.84. The zero-order valence-electron chi connectivity index (χ0n) is 8.46. The minimum Gasteiger partial charge on any atom is -0.394 e. The Morgan fingerprint density at radius 2 is 2.25 bits per heavy atom. The monoisotopic (exact) mass is 287 g/mol. The molecule has 0 saturated heterocycles. The van der Waals surface area contributed by atoms with Crippen LogP contribution in [-0.4, -0.2) is 23.2 Å². The summed E-state index contributed by atoms with van der Waals surface area (Å²) in [6.45, 7) is -0.0777. The van der Waals surface area contributed by atoms with Crippen LogP contribution in [0.1, 0.15) is 23.2 Å². The maximum atomic E-state index is 13.2. The van der Waals surface area contributed by atoms with Crippen LogP contribution in [0.5, 0.6) is 0 Å². The smallest absolute Gasteiger partial charge is 0.253 e. The number of amides is 1. The van der Waals surface area contributed by atoms with Crippen molar-refractivity contribution in [3.05, 3.63) is 34.1 Å². The fraction of sp³-hybridized carbons (Fsp3) is 0.364. The third-order valence-electron chi connectivity index (χ3n) is 2.73. The molecule has 0 unspecified atom stereocenters. The summed E-state index contributed by atoms with van der Waals surface area (Å²) < 4.78 is 13.3. The average molecular weight is 288 g/mol. The van der Waals surface area contributed by atoms with Crippen LogP contribution in [0, 0.1) is 5.82 Å². The topological polar surface area (TPSA) is 49.3 Å². The largest absolute Gasteiger partial charge is 0.394 e. The summed E-state index contributed by atoms with van der Waals surface area (Å²) in [4.78, 5) is 11.8. The molecule has 5 heteroatoms. The van der Waals surface area contributed by atoms with Gasteiger partial charge < -0.3 is 10.4 Å². The number of rotatable bonds is 3. The molecule has 16 heavy (non-hydrogen) atoms. The fourth-order valence-electron chi connectivity index (χ4n) is 1.46. The minimum absolute atomic E-state index is 0.0777. The van der Waals surface area contributed by atoms with Gasteiger partial charge in [0.15, 0.2) is 0 Å². The fourth-order valence-corrected chi connectivity index (χ4v) is 1.91. The van der Waals surface area contributed by atoms with E-state index in [1.54, 1.807) is 0 Å². The molecule has 1 aromatic carbocycles. The van der Waals surface area contributed by atoms with Gasteiger partial charge in [0.25, 0.3) is 5.91 Å². The SMILES string of the molecule is O=C(NC1(CO)CC1)c1cccc(F)c1Br. The van der Waals surface area contributed by atoms with Gasteiger partial charge in [0, 0.05) is 0 Å². The molecule has 1 aliphatic rings. The number of carbonyl (C=O) groups excluding carboxylic acids is 1. The third-order valence-corrected chi connectivity index (χ3v) is 3.54. The molecular formula is C11H11BrFNO2. The van der Waals surface area contributed by atoms with Crippen molar-refractivity contribution in [1.29, 1.82) is 0 Å². The van der Waals surface area contributed by atoms with Gasteiger partial charge in [0.1, 0.15) is 5.82 Å². The molecule has 1 amide bonds. The van der Waals surface area contributed by atoms with Crippen molar-refractivity contribution in [2.45, 2.75) is 18.4 Å². The van der Waals surface area contributed by atoms with E-state index in [2.05, 4.69) is 21.2 Å². The molecule has 0 radical (unpaired) electrons. The van der Waals surface area contributed by atoms with E-state index in [0.29, 0.717) is 0 Å². The second-order valence-electron chi connectivity index (χ2n) is 3.99. The van der Waals surface area contributed by atoms with Crippen molar-refractivity contribution in [2.24, 2.45) is 0 Å². The van der Waals surface area contributed by atoms with E-state index >= 15 is 0 Å². The molecule has 1 aliphatic carbocycles. The highest BCUT2D eigenvalue weighted by Crippen LogP contribution is 2.35. The lowest BCUT2D eigenvalue weighted by molar-refractivity contribution is 0.0905. The summed E-state index contributed by atoms with van der Waals surface area (Å²) >= 11 is 3.03. The summed E-state index contributed by atoms with van der Waals surface area (Å²) in [5.74, 6) is -0.834. The number of benzene rings is 1. The van der Waals surface area contributed by atoms with E-state index in [9.17, 15) is 9.18 Å². The lowest BCUT2D eigenvalue weighted by Gasteiger charge is -2.14. The van der Waals surface area contributed by atoms with E-state index in [0.717, 1.165) is 12.8 Å². The summed E-state index contributed by atoms with van der Waals surface area (Å²) in [6.07, 6.45) is 1.53. The highest BCUT2D eigenvalue weighted by Gasteiger charge is 2.43. The standard InChI is InChI=1S/C11H11BrFNO2/c12-9-7(2-1-3-8(9)13)10(16)14-11(6-15)4-5-11/h1-3,15H,4-6H2,(H,14,16). The molecule has 0 heterocycles. The highest BCUT2D eigenvalue weighted by molar-refractivity contribution is 9.10. The first-order valence-electron chi connectivity index (χ1n) is 4.95. The van der Waals surface area contributed by atoms with E-state index in [1.807, 2.05) is 0 Å². The van der Waals surface area contributed by atoms with Crippen molar-refractivity contribution in [2.75, 3.05) is 6.61 Å². The molecule has 86 valence electrons. The van der Waals surface area contributed by atoms with Crippen molar-refractivity contribution in [3.63, 3.8) is 0 Å². The molecule has 0 aliphatic heterocycles. The summed E-state index contributed by atoms with van der Waals surface area (Å²) in [5, 5.41) is 11.8. The Labute approximate surface area is 101 Å². The predicted molar refractivity (Wildman–Crippen MR) is 60.6 cm³/mol. The first-order valence-corrected chi connectivity index (χ1v) is 5.75. The van der Waals surface area contributed by atoms with Crippen molar-refractivity contribution >= 4 is 21.8 Å². The molecule has 0 aromatic heterocycles. The van der Waals surface area contributed by atoms with Gasteiger partial charge in [-0.15, -0.1) is 0 Å². The molecule has 3 nitrogen and oxygen atoms in total. The van der Waals surface area contributed by atoms with Crippen LogP contribution in [0.4, 0.5) is 4.39 Å². The van der Waals surface area contributed by atoms with Crippen LogP contribution in [-0.2, 0) is 0 Å². The van der Waals surface area contributed by atoms with Gasteiger partial charge in [-0.1, -0.05) is 6.07 Å². The molecule has 0 bridgehead atoms. The van der Waals surface area contributed by atoms with Crippen LogP contribution in [0.3, 0.4) is 0 Å². The Kier molecular flexibility index (Phi) is 2.99. The summed E-state index contributed by atoms with van der Waals surface area (Å²) in [7, 11) is 0. The lowest BCUT2D eigenvalue weighted by Crippen LogP contribution is -2.39. The zero-order valence-corrected chi connectivity index (χ0v) is 10.1. The van der Waals surface area contributed by atoms with Gasteiger partial charge in [-0.2, -0.15) is 0 Å². The van der Waals surface area contributed by atoms with Crippen molar-refractivity contribution < 1.29 is 14.3 Å². The highest BCUT2D eigenvalue weighted by atomic mass is 79.9. The van der Waals surface area contributed by atoms with E-state index < -0.39 is 11.4 Å². The number of hydrogen-bond donors (Lipinski definition) is 2. The number of halogens is 2. The average Bonchev–Trinajstić information content (AvgIpc) is 3.02. The third kappa shape index (κ3) is 2.10. The first-order chi connectivity index (χ1) is 7.58. The maximum absolute atomic E-state index is 13.2. The molecule has 1 aromatic rings. The van der Waals surface area contributed by atoms with Crippen LogP contribution < -0.4 is 5.32 Å². The van der Waals surface area contributed by atoms with Gasteiger partial charge in [-0.3, -0.25) is 4.79 Å². The molecule has 1 saturated carbocycles. The molecule has 0 spiro atoms. The number of aliphatic hydroxyl groups excluding tert-OH is 1. The summed E-state index contributed by atoms with van der Waals surface area (Å²) in [6, 6.07) is 4.29. The van der Waals surface area contributed by atoms with Crippen molar-refractivity contribution in [1.82, 2.24) is 5.32 Å². The Bertz CT molecular complexity index is 432. The van der Waals surface area contributed by atoms with Crippen LogP contribution in [0.25, 0.3) is 0 Å². The number of aliphatic hydroxyl groups is 1. The van der Waals surface area contributed by atoms with Crippen molar-refractivity contribution in [3.8, 4) is 0 Å². The number of nitrogens with one attached hydrogen (secondary N) is 1. The molecule has 2 N–H and O–H groups in total. The first kappa shape index (κ1) is 11.5. The van der Waals surface area contributed by atoms with Gasteiger partial charge >= 0.3 is 0 Å². The van der Waals surface area contributed by atoms with Gasteiger partial charge in [0.2, 0.25) is 0 Å². The van der Waals surface area contributed by atoms with E-state index in [-0.39, 0.29) is 22.6 Å². The number of hydrogen-bond acceptors (Lipinski definition) is 2. The molecule has 1 fully saturated rings. The Hall–Kier alpha value is -0.940. The van der Waals surface area contributed by atoms with Crippen LogP contribution >= 0.6 is 15.9 Å². The molecule has 2 rings (SSSR count). The van der Waals surface area contributed by atoms with Crippen LogP contribution in [0.15, 0.2) is 22.7 Å². The Balaban J connectivity index is 2.18. The second kappa shape index (κ2) is 4.14. The van der Waals surface area contributed by atoms with E-state index in [1.165, 1.54) is 18.2 Å². The lowest BCUT2D eigenvalue weighted by atomic mass is 10.2. The molecular weight excluding hydrogens is 277 g/mol. The van der Waals surface area contributed by atoms with Gasteiger partial charge in [0.05, 0.1) is 22.2 Å². The molecule has 0 atom stereocenters.